The number of amides is 1. The molecule has 1 amide bonds. The van der Waals surface area contributed by atoms with Crippen molar-refractivity contribution >= 4 is 5.91 Å². The number of ether oxygens (including phenoxy) is 2. The van der Waals surface area contributed by atoms with E-state index < -0.39 is 6.10 Å². The van der Waals surface area contributed by atoms with Crippen molar-refractivity contribution in [2.75, 3.05) is 6.61 Å². The first-order valence-corrected chi connectivity index (χ1v) is 9.01. The number of para-hydroxylation sites is 1. The molecule has 0 spiro atoms. The molecular weight excluding hydrogens is 326 g/mol. The van der Waals surface area contributed by atoms with Crippen LogP contribution in [-0.2, 0) is 4.79 Å². The summed E-state index contributed by atoms with van der Waals surface area (Å²) in [6, 6.07) is 11.8. The molecule has 0 heterocycles. The number of nitrogens with one attached hydrogen (secondary N) is 1. The number of benzene rings is 2. The highest BCUT2D eigenvalue weighted by atomic mass is 16.5. The first-order valence-electron chi connectivity index (χ1n) is 9.01. The molecule has 26 heavy (non-hydrogen) atoms. The highest BCUT2D eigenvalue weighted by Crippen LogP contribution is 2.24. The minimum atomic E-state index is -0.573. The number of hydrogen-bond acceptors (Lipinski definition) is 3. The molecule has 0 saturated heterocycles. The van der Waals surface area contributed by atoms with Crippen LogP contribution in [0.15, 0.2) is 36.4 Å². The van der Waals surface area contributed by atoms with Gasteiger partial charge in [0.1, 0.15) is 18.1 Å². The fourth-order valence-corrected chi connectivity index (χ4v) is 2.70. The lowest BCUT2D eigenvalue weighted by Gasteiger charge is -2.21. The highest BCUT2D eigenvalue weighted by Gasteiger charge is 2.18. The fraction of sp³-hybridized carbons (Fsp3) is 0.409. The molecule has 2 rings (SSSR count). The summed E-state index contributed by atoms with van der Waals surface area (Å²) >= 11 is 0. The van der Waals surface area contributed by atoms with E-state index >= 15 is 0 Å². The van der Waals surface area contributed by atoms with Gasteiger partial charge in [0, 0.05) is 0 Å². The third-order valence-electron chi connectivity index (χ3n) is 4.41. The number of aryl methyl sites for hydroxylation is 3. The van der Waals surface area contributed by atoms with Crippen molar-refractivity contribution in [1.82, 2.24) is 5.32 Å². The summed E-state index contributed by atoms with van der Waals surface area (Å²) in [6.45, 7) is 12.2. The quantitative estimate of drug-likeness (QED) is 0.807. The SMILES string of the molecule is Cc1cc(C)c(C)c(O[C@H](C)C(=O)N[C@@H](C)COc2ccccc2C)c1. The Morgan fingerprint density at radius 1 is 1.00 bits per heavy atom. The Morgan fingerprint density at radius 3 is 2.38 bits per heavy atom. The van der Waals surface area contributed by atoms with E-state index in [1.807, 2.05) is 65.0 Å². The van der Waals surface area contributed by atoms with Gasteiger partial charge in [0.05, 0.1) is 6.04 Å². The van der Waals surface area contributed by atoms with Crippen LogP contribution in [0.5, 0.6) is 11.5 Å². The Balaban J connectivity index is 1.89. The molecule has 140 valence electrons. The number of rotatable bonds is 7. The second-order valence-electron chi connectivity index (χ2n) is 6.95. The normalized spacial score (nSPS) is 13.0. The van der Waals surface area contributed by atoms with Crippen molar-refractivity contribution in [3.63, 3.8) is 0 Å². The maximum atomic E-state index is 12.4. The maximum Gasteiger partial charge on any atom is 0.261 e. The zero-order valence-corrected chi connectivity index (χ0v) is 16.6. The summed E-state index contributed by atoms with van der Waals surface area (Å²) in [5, 5.41) is 2.95. The first kappa shape index (κ1) is 19.8. The second-order valence-corrected chi connectivity index (χ2v) is 6.95. The molecule has 0 aliphatic carbocycles. The zero-order valence-electron chi connectivity index (χ0n) is 16.6. The van der Waals surface area contributed by atoms with E-state index in [2.05, 4.69) is 11.4 Å². The Labute approximate surface area is 156 Å². The molecule has 4 nitrogen and oxygen atoms in total. The van der Waals surface area contributed by atoms with Crippen molar-refractivity contribution in [3.8, 4) is 11.5 Å². The van der Waals surface area contributed by atoms with E-state index in [9.17, 15) is 4.79 Å². The van der Waals surface area contributed by atoms with Gasteiger partial charge in [-0.25, -0.2) is 0 Å². The molecule has 0 saturated carbocycles. The Hall–Kier alpha value is -2.49. The summed E-state index contributed by atoms with van der Waals surface area (Å²) in [5.74, 6) is 1.45. The van der Waals surface area contributed by atoms with Gasteiger partial charge in [-0.1, -0.05) is 24.3 Å². The number of hydrogen-bond donors (Lipinski definition) is 1. The molecule has 2 atom stereocenters. The van der Waals surface area contributed by atoms with Crippen LogP contribution in [0.4, 0.5) is 0 Å². The van der Waals surface area contributed by atoms with Crippen LogP contribution in [0.2, 0.25) is 0 Å². The maximum absolute atomic E-state index is 12.4. The first-order chi connectivity index (χ1) is 12.3. The summed E-state index contributed by atoms with van der Waals surface area (Å²) in [6.07, 6.45) is -0.573. The molecular formula is C22H29NO3. The Bertz CT molecular complexity index is 770. The van der Waals surface area contributed by atoms with Gasteiger partial charge in [0.25, 0.3) is 5.91 Å². The predicted octanol–water partition coefficient (Wildman–Crippen LogP) is 4.27. The van der Waals surface area contributed by atoms with Gasteiger partial charge in [-0.05, 0) is 75.9 Å². The summed E-state index contributed by atoms with van der Waals surface area (Å²) in [5.41, 5.74) is 4.42. The van der Waals surface area contributed by atoms with Gasteiger partial charge in [-0.15, -0.1) is 0 Å². The number of carbonyl (C=O) groups is 1. The van der Waals surface area contributed by atoms with Crippen molar-refractivity contribution in [2.45, 2.75) is 53.7 Å². The van der Waals surface area contributed by atoms with Crippen LogP contribution in [0.3, 0.4) is 0 Å². The van der Waals surface area contributed by atoms with Crippen LogP contribution in [0, 0.1) is 27.7 Å². The summed E-state index contributed by atoms with van der Waals surface area (Å²) in [4.78, 5) is 12.4. The average molecular weight is 355 g/mol. The molecule has 0 aliphatic rings. The molecule has 0 unspecified atom stereocenters. The van der Waals surface area contributed by atoms with E-state index in [0.29, 0.717) is 6.61 Å². The molecule has 2 aromatic rings. The highest BCUT2D eigenvalue weighted by molar-refractivity contribution is 5.81. The summed E-state index contributed by atoms with van der Waals surface area (Å²) < 4.78 is 11.7. The topological polar surface area (TPSA) is 47.6 Å². The average Bonchev–Trinajstić information content (AvgIpc) is 2.58. The van der Waals surface area contributed by atoms with Crippen molar-refractivity contribution in [2.24, 2.45) is 0 Å². The van der Waals surface area contributed by atoms with Crippen LogP contribution < -0.4 is 14.8 Å². The molecule has 0 aliphatic heterocycles. The molecule has 0 aromatic heterocycles. The van der Waals surface area contributed by atoms with E-state index in [-0.39, 0.29) is 11.9 Å². The third kappa shape index (κ3) is 5.25. The summed E-state index contributed by atoms with van der Waals surface area (Å²) in [7, 11) is 0. The molecule has 0 bridgehead atoms. The van der Waals surface area contributed by atoms with Gasteiger partial charge in [-0.3, -0.25) is 4.79 Å². The molecule has 1 N–H and O–H groups in total. The van der Waals surface area contributed by atoms with Crippen molar-refractivity contribution < 1.29 is 14.3 Å². The predicted molar refractivity (Wildman–Crippen MR) is 105 cm³/mol. The monoisotopic (exact) mass is 355 g/mol. The fourth-order valence-electron chi connectivity index (χ4n) is 2.70. The van der Waals surface area contributed by atoms with Gasteiger partial charge < -0.3 is 14.8 Å². The number of carbonyl (C=O) groups excluding carboxylic acids is 1. The van der Waals surface area contributed by atoms with E-state index in [0.717, 1.165) is 33.8 Å². The smallest absolute Gasteiger partial charge is 0.261 e. The van der Waals surface area contributed by atoms with E-state index in [1.165, 1.54) is 0 Å². The molecule has 2 aromatic carbocycles. The van der Waals surface area contributed by atoms with Crippen LogP contribution in [0.1, 0.15) is 36.1 Å². The molecule has 4 heteroatoms. The van der Waals surface area contributed by atoms with Crippen LogP contribution in [0.25, 0.3) is 0 Å². The second kappa shape index (κ2) is 8.75. The molecule has 0 radical (unpaired) electrons. The van der Waals surface area contributed by atoms with Crippen LogP contribution >= 0.6 is 0 Å². The standard InChI is InChI=1S/C22H29NO3/c1-14-11-16(3)18(5)21(12-14)26-19(6)22(24)23-17(4)13-25-20-10-8-7-9-15(20)2/h7-12,17,19H,13H2,1-6H3,(H,23,24)/t17-,19+/m0/s1. The Morgan fingerprint density at radius 2 is 1.69 bits per heavy atom. The van der Waals surface area contributed by atoms with E-state index in [1.54, 1.807) is 6.92 Å². The minimum Gasteiger partial charge on any atom is -0.491 e. The molecule has 0 fully saturated rings. The lowest BCUT2D eigenvalue weighted by molar-refractivity contribution is -0.128. The largest absolute Gasteiger partial charge is 0.491 e. The zero-order chi connectivity index (χ0) is 19.3. The van der Waals surface area contributed by atoms with Crippen molar-refractivity contribution in [3.05, 3.63) is 58.7 Å². The van der Waals surface area contributed by atoms with Gasteiger partial charge >= 0.3 is 0 Å². The minimum absolute atomic E-state index is 0.117. The van der Waals surface area contributed by atoms with E-state index in [4.69, 9.17) is 9.47 Å². The van der Waals surface area contributed by atoms with Gasteiger partial charge in [0.15, 0.2) is 6.10 Å². The lowest BCUT2D eigenvalue weighted by atomic mass is 10.1. The van der Waals surface area contributed by atoms with Crippen LogP contribution in [-0.4, -0.2) is 24.7 Å². The lowest BCUT2D eigenvalue weighted by Crippen LogP contribution is -2.43. The van der Waals surface area contributed by atoms with Crippen molar-refractivity contribution in [1.29, 1.82) is 0 Å². The van der Waals surface area contributed by atoms with Gasteiger partial charge in [0.2, 0.25) is 0 Å². The Kier molecular flexibility index (Phi) is 6.67. The van der Waals surface area contributed by atoms with Gasteiger partial charge in [-0.2, -0.15) is 0 Å². The third-order valence-corrected chi connectivity index (χ3v) is 4.41.